The predicted molar refractivity (Wildman–Crippen MR) is 107 cm³/mol. The van der Waals surface area contributed by atoms with Crippen molar-refractivity contribution >= 4 is 57.7 Å². The summed E-state index contributed by atoms with van der Waals surface area (Å²) in [4.78, 5) is 35.9. The van der Waals surface area contributed by atoms with Gasteiger partial charge in [0.15, 0.2) is 6.61 Å². The first-order chi connectivity index (χ1) is 12.4. The number of anilines is 1. The minimum atomic E-state index is -0.926. The van der Waals surface area contributed by atoms with E-state index in [1.165, 1.54) is 6.92 Å². The Bertz CT molecular complexity index is 811. The Kier molecular flexibility index (Phi) is 7.40. The number of halogens is 2. The normalized spacial score (nSPS) is 11.3. The molecule has 0 radical (unpaired) electrons. The van der Waals surface area contributed by atoms with E-state index in [0.29, 0.717) is 5.69 Å². The second-order valence-corrected chi connectivity index (χ2v) is 6.99. The topological polar surface area (TPSA) is 84.5 Å². The van der Waals surface area contributed by atoms with Gasteiger partial charge >= 0.3 is 5.97 Å². The SMILES string of the molecule is C[C@H](NC(=O)c1ccccc1Cl)C(=O)OCC(=O)Nc1ccc(I)cc1. The molecule has 2 amide bonds. The van der Waals surface area contributed by atoms with Gasteiger partial charge in [-0.2, -0.15) is 0 Å². The fraction of sp³-hybridized carbons (Fsp3) is 0.167. The number of carbonyl (C=O) groups excluding carboxylic acids is 3. The third-order valence-corrected chi connectivity index (χ3v) is 4.34. The largest absolute Gasteiger partial charge is 0.454 e. The number of esters is 1. The van der Waals surface area contributed by atoms with Gasteiger partial charge in [-0.3, -0.25) is 9.59 Å². The zero-order valence-corrected chi connectivity index (χ0v) is 16.7. The van der Waals surface area contributed by atoms with Crippen LogP contribution in [0.25, 0.3) is 0 Å². The second-order valence-electron chi connectivity index (χ2n) is 5.34. The van der Waals surface area contributed by atoms with Crippen LogP contribution in [0, 0.1) is 3.57 Å². The Morgan fingerprint density at radius 1 is 1.12 bits per heavy atom. The molecule has 0 unspecified atom stereocenters. The molecule has 2 aromatic rings. The number of amides is 2. The number of carbonyl (C=O) groups is 3. The zero-order chi connectivity index (χ0) is 19.1. The lowest BCUT2D eigenvalue weighted by Crippen LogP contribution is -2.40. The lowest BCUT2D eigenvalue weighted by Gasteiger charge is -2.14. The molecule has 136 valence electrons. The van der Waals surface area contributed by atoms with Gasteiger partial charge in [0.05, 0.1) is 10.6 Å². The molecular weight excluding hydrogens is 471 g/mol. The van der Waals surface area contributed by atoms with E-state index in [-0.39, 0.29) is 10.6 Å². The van der Waals surface area contributed by atoms with Crippen molar-refractivity contribution in [3.05, 3.63) is 62.7 Å². The third kappa shape index (κ3) is 5.99. The van der Waals surface area contributed by atoms with Gasteiger partial charge in [0.1, 0.15) is 6.04 Å². The van der Waals surface area contributed by atoms with Crippen molar-refractivity contribution in [2.45, 2.75) is 13.0 Å². The Hall–Kier alpha value is -2.13. The standard InChI is InChI=1S/C18H16ClIN2O4/c1-11(21-17(24)14-4-2-3-5-15(14)19)18(25)26-10-16(23)22-13-8-6-12(20)7-9-13/h2-9,11H,10H2,1H3,(H,21,24)(H,22,23)/t11-/m0/s1. The van der Waals surface area contributed by atoms with Crippen molar-refractivity contribution in [2.75, 3.05) is 11.9 Å². The van der Waals surface area contributed by atoms with E-state index in [0.717, 1.165) is 3.57 Å². The minimum Gasteiger partial charge on any atom is -0.454 e. The van der Waals surface area contributed by atoms with Crippen LogP contribution in [-0.2, 0) is 14.3 Å². The maximum Gasteiger partial charge on any atom is 0.328 e. The van der Waals surface area contributed by atoms with Gasteiger partial charge < -0.3 is 15.4 Å². The van der Waals surface area contributed by atoms with E-state index in [1.807, 2.05) is 12.1 Å². The van der Waals surface area contributed by atoms with Crippen LogP contribution in [0.15, 0.2) is 48.5 Å². The summed E-state index contributed by atoms with van der Waals surface area (Å²) in [6, 6.07) is 12.7. The lowest BCUT2D eigenvalue weighted by molar-refractivity contribution is -0.148. The molecule has 0 bridgehead atoms. The first kappa shape index (κ1) is 20.2. The van der Waals surface area contributed by atoms with Crippen LogP contribution in [0.1, 0.15) is 17.3 Å². The Labute approximate surface area is 169 Å². The van der Waals surface area contributed by atoms with Crippen molar-refractivity contribution in [3.63, 3.8) is 0 Å². The monoisotopic (exact) mass is 486 g/mol. The molecule has 0 saturated heterocycles. The highest BCUT2D eigenvalue weighted by atomic mass is 127. The third-order valence-electron chi connectivity index (χ3n) is 3.29. The summed E-state index contributed by atoms with van der Waals surface area (Å²) in [6.07, 6.45) is 0. The first-order valence-corrected chi connectivity index (χ1v) is 9.10. The van der Waals surface area contributed by atoms with E-state index in [1.54, 1.807) is 36.4 Å². The molecule has 6 nitrogen and oxygen atoms in total. The average Bonchev–Trinajstić information content (AvgIpc) is 2.61. The maximum absolute atomic E-state index is 12.1. The van der Waals surface area contributed by atoms with Crippen molar-refractivity contribution in [1.82, 2.24) is 5.32 Å². The molecule has 2 N–H and O–H groups in total. The second kappa shape index (κ2) is 9.54. The molecule has 2 aromatic carbocycles. The molecule has 0 aliphatic heterocycles. The van der Waals surface area contributed by atoms with Crippen LogP contribution < -0.4 is 10.6 Å². The van der Waals surface area contributed by atoms with Gasteiger partial charge in [0.25, 0.3) is 11.8 Å². The zero-order valence-electron chi connectivity index (χ0n) is 13.8. The van der Waals surface area contributed by atoms with Crippen molar-refractivity contribution in [2.24, 2.45) is 0 Å². The quantitative estimate of drug-likeness (QED) is 0.485. The fourth-order valence-corrected chi connectivity index (χ4v) is 2.55. The summed E-state index contributed by atoms with van der Waals surface area (Å²) < 4.78 is 5.97. The number of hydrogen-bond donors (Lipinski definition) is 2. The summed E-state index contributed by atoms with van der Waals surface area (Å²) >= 11 is 8.09. The molecule has 26 heavy (non-hydrogen) atoms. The predicted octanol–water partition coefficient (Wildman–Crippen LogP) is 3.24. The van der Waals surface area contributed by atoms with Crippen molar-refractivity contribution in [1.29, 1.82) is 0 Å². The smallest absolute Gasteiger partial charge is 0.328 e. The Balaban J connectivity index is 1.81. The van der Waals surface area contributed by atoms with E-state index in [2.05, 4.69) is 33.2 Å². The summed E-state index contributed by atoms with van der Waals surface area (Å²) in [6.45, 7) is 1.02. The molecule has 0 saturated carbocycles. The van der Waals surface area contributed by atoms with Crippen molar-refractivity contribution < 1.29 is 19.1 Å². The lowest BCUT2D eigenvalue weighted by atomic mass is 10.2. The minimum absolute atomic E-state index is 0.255. The summed E-state index contributed by atoms with van der Waals surface area (Å²) in [5.74, 6) is -1.68. The molecule has 2 rings (SSSR count). The van der Waals surface area contributed by atoms with Gasteiger partial charge in [-0.05, 0) is 65.9 Å². The first-order valence-electron chi connectivity index (χ1n) is 7.64. The van der Waals surface area contributed by atoms with Crippen LogP contribution in [0.5, 0.6) is 0 Å². The van der Waals surface area contributed by atoms with Gasteiger partial charge in [-0.1, -0.05) is 23.7 Å². The molecule has 0 spiro atoms. The molecule has 0 aliphatic rings. The van der Waals surface area contributed by atoms with Crippen LogP contribution in [0.4, 0.5) is 5.69 Å². The number of benzene rings is 2. The molecule has 8 heteroatoms. The van der Waals surface area contributed by atoms with Crippen molar-refractivity contribution in [3.8, 4) is 0 Å². The number of ether oxygens (including phenoxy) is 1. The Morgan fingerprint density at radius 2 is 1.77 bits per heavy atom. The molecule has 0 aliphatic carbocycles. The number of hydrogen-bond acceptors (Lipinski definition) is 4. The summed E-state index contributed by atoms with van der Waals surface area (Å²) in [7, 11) is 0. The maximum atomic E-state index is 12.1. The molecule has 1 atom stereocenters. The van der Waals surface area contributed by atoms with Gasteiger partial charge in [-0.15, -0.1) is 0 Å². The van der Waals surface area contributed by atoms with E-state index in [9.17, 15) is 14.4 Å². The van der Waals surface area contributed by atoms with Crippen LogP contribution >= 0.6 is 34.2 Å². The number of rotatable bonds is 6. The van der Waals surface area contributed by atoms with Crippen LogP contribution in [0.2, 0.25) is 5.02 Å². The number of nitrogens with one attached hydrogen (secondary N) is 2. The molecule has 0 heterocycles. The van der Waals surface area contributed by atoms with E-state index < -0.39 is 30.4 Å². The fourth-order valence-electron chi connectivity index (χ4n) is 1.97. The van der Waals surface area contributed by atoms with E-state index >= 15 is 0 Å². The summed E-state index contributed by atoms with van der Waals surface area (Å²) in [5, 5.41) is 5.38. The Morgan fingerprint density at radius 3 is 2.42 bits per heavy atom. The highest BCUT2D eigenvalue weighted by molar-refractivity contribution is 14.1. The van der Waals surface area contributed by atoms with Crippen LogP contribution in [-0.4, -0.2) is 30.4 Å². The average molecular weight is 487 g/mol. The van der Waals surface area contributed by atoms with Gasteiger partial charge in [0.2, 0.25) is 0 Å². The van der Waals surface area contributed by atoms with Gasteiger partial charge in [0, 0.05) is 9.26 Å². The van der Waals surface area contributed by atoms with Gasteiger partial charge in [-0.25, -0.2) is 4.79 Å². The van der Waals surface area contributed by atoms with E-state index in [4.69, 9.17) is 16.3 Å². The van der Waals surface area contributed by atoms with Crippen LogP contribution in [0.3, 0.4) is 0 Å². The summed E-state index contributed by atoms with van der Waals surface area (Å²) in [5.41, 5.74) is 0.858. The highest BCUT2D eigenvalue weighted by Crippen LogP contribution is 2.15. The molecular formula is C18H16ClIN2O4. The highest BCUT2D eigenvalue weighted by Gasteiger charge is 2.20. The molecule has 0 aromatic heterocycles. The molecule has 0 fully saturated rings.